The highest BCUT2D eigenvalue weighted by Crippen LogP contribution is 2.37. The van der Waals surface area contributed by atoms with E-state index >= 15 is 0 Å². The van der Waals surface area contributed by atoms with E-state index in [0.717, 1.165) is 28.8 Å². The van der Waals surface area contributed by atoms with Crippen molar-refractivity contribution in [3.05, 3.63) is 52.5 Å². The van der Waals surface area contributed by atoms with Crippen LogP contribution in [0.15, 0.2) is 46.9 Å². The molecule has 0 unspecified atom stereocenters. The lowest BCUT2D eigenvalue weighted by atomic mass is 10.1. The lowest BCUT2D eigenvalue weighted by Gasteiger charge is -2.37. The molecule has 0 saturated carbocycles. The fourth-order valence-electron chi connectivity index (χ4n) is 2.66. The number of anilines is 3. The molecule has 0 atom stereocenters. The summed E-state index contributed by atoms with van der Waals surface area (Å²) in [7, 11) is 2.12. The number of para-hydroxylation sites is 2. The SMILES string of the molecule is CN1CCN(c2ccc(C(=N)N)c(Br)c2)c2ccccc21. The van der Waals surface area contributed by atoms with Crippen LogP contribution in [0.25, 0.3) is 0 Å². The third-order valence-electron chi connectivity index (χ3n) is 3.80. The van der Waals surface area contributed by atoms with Gasteiger partial charge in [0.05, 0.1) is 11.4 Å². The maximum absolute atomic E-state index is 7.56. The zero-order valence-electron chi connectivity index (χ0n) is 11.8. The van der Waals surface area contributed by atoms with Crippen molar-refractivity contribution < 1.29 is 0 Å². The van der Waals surface area contributed by atoms with Crippen LogP contribution < -0.4 is 15.5 Å². The highest BCUT2D eigenvalue weighted by molar-refractivity contribution is 9.10. The van der Waals surface area contributed by atoms with Crippen LogP contribution in [0.5, 0.6) is 0 Å². The fraction of sp³-hybridized carbons (Fsp3) is 0.188. The van der Waals surface area contributed by atoms with Crippen LogP contribution in [-0.4, -0.2) is 26.0 Å². The summed E-state index contributed by atoms with van der Waals surface area (Å²) in [5, 5.41) is 7.56. The first kappa shape index (κ1) is 13.9. The molecule has 5 heteroatoms. The van der Waals surface area contributed by atoms with Gasteiger partial charge in [0.1, 0.15) is 5.84 Å². The molecule has 0 bridgehead atoms. The molecule has 1 aliphatic heterocycles. The second-order valence-electron chi connectivity index (χ2n) is 5.14. The van der Waals surface area contributed by atoms with E-state index in [4.69, 9.17) is 11.1 Å². The van der Waals surface area contributed by atoms with Crippen molar-refractivity contribution in [3.63, 3.8) is 0 Å². The Bertz CT molecular complexity index is 698. The Kier molecular flexibility index (Phi) is 3.59. The Morgan fingerprint density at radius 2 is 1.86 bits per heavy atom. The van der Waals surface area contributed by atoms with Crippen LogP contribution in [-0.2, 0) is 0 Å². The number of benzene rings is 2. The fourth-order valence-corrected chi connectivity index (χ4v) is 3.24. The molecule has 1 heterocycles. The minimum atomic E-state index is 0.0761. The average molecular weight is 345 g/mol. The number of hydrogen-bond acceptors (Lipinski definition) is 3. The number of halogens is 1. The van der Waals surface area contributed by atoms with Crippen LogP contribution >= 0.6 is 15.9 Å². The largest absolute Gasteiger partial charge is 0.384 e. The molecule has 3 N–H and O–H groups in total. The first-order valence-corrected chi connectivity index (χ1v) is 7.59. The summed E-state index contributed by atoms with van der Waals surface area (Å²) in [4.78, 5) is 4.56. The predicted molar refractivity (Wildman–Crippen MR) is 91.9 cm³/mol. The summed E-state index contributed by atoms with van der Waals surface area (Å²) < 4.78 is 0.851. The van der Waals surface area contributed by atoms with E-state index in [0.29, 0.717) is 0 Å². The number of rotatable bonds is 2. The van der Waals surface area contributed by atoms with Gasteiger partial charge in [-0.3, -0.25) is 5.41 Å². The number of nitrogens with zero attached hydrogens (tertiary/aromatic N) is 2. The number of fused-ring (bicyclic) bond motifs is 1. The molecule has 3 rings (SSSR count). The zero-order chi connectivity index (χ0) is 15.0. The summed E-state index contributed by atoms with van der Waals surface area (Å²) in [5.41, 5.74) is 9.83. The van der Waals surface area contributed by atoms with Gasteiger partial charge in [-0.25, -0.2) is 0 Å². The first-order chi connectivity index (χ1) is 10.1. The van der Waals surface area contributed by atoms with Crippen LogP contribution in [0.4, 0.5) is 17.1 Å². The molecule has 4 nitrogen and oxygen atoms in total. The smallest absolute Gasteiger partial charge is 0.123 e. The summed E-state index contributed by atoms with van der Waals surface area (Å²) in [6.45, 7) is 1.91. The van der Waals surface area contributed by atoms with Crippen molar-refractivity contribution in [3.8, 4) is 0 Å². The Balaban J connectivity index is 2.04. The van der Waals surface area contributed by atoms with E-state index in [-0.39, 0.29) is 5.84 Å². The molecule has 108 valence electrons. The minimum Gasteiger partial charge on any atom is -0.384 e. The van der Waals surface area contributed by atoms with Crippen molar-refractivity contribution in [1.82, 2.24) is 0 Å². The van der Waals surface area contributed by atoms with Crippen LogP contribution in [0.1, 0.15) is 5.56 Å². The summed E-state index contributed by atoms with van der Waals surface area (Å²) in [6.07, 6.45) is 0. The molecule has 0 spiro atoms. The van der Waals surface area contributed by atoms with Gasteiger partial charge in [0.2, 0.25) is 0 Å². The molecule has 0 aliphatic carbocycles. The molecule has 1 aliphatic rings. The van der Waals surface area contributed by atoms with Gasteiger partial charge in [0.25, 0.3) is 0 Å². The Hall–Kier alpha value is -2.01. The zero-order valence-corrected chi connectivity index (χ0v) is 13.4. The molecular weight excluding hydrogens is 328 g/mol. The molecule has 21 heavy (non-hydrogen) atoms. The van der Waals surface area contributed by atoms with Gasteiger partial charge in [-0.15, -0.1) is 0 Å². The summed E-state index contributed by atoms with van der Waals surface area (Å²) in [5.74, 6) is 0.0761. The Morgan fingerprint density at radius 3 is 2.52 bits per heavy atom. The molecular formula is C16H17BrN4. The second-order valence-corrected chi connectivity index (χ2v) is 5.99. The van der Waals surface area contributed by atoms with Crippen molar-refractivity contribution in [2.75, 3.05) is 29.9 Å². The van der Waals surface area contributed by atoms with Gasteiger partial charge in [-0.1, -0.05) is 12.1 Å². The lowest BCUT2D eigenvalue weighted by molar-refractivity contribution is 0.822. The molecule has 0 fully saturated rings. The minimum absolute atomic E-state index is 0.0761. The molecule has 2 aromatic rings. The number of nitrogens with one attached hydrogen (secondary N) is 1. The molecule has 0 amide bonds. The average Bonchev–Trinajstić information content (AvgIpc) is 2.47. The van der Waals surface area contributed by atoms with Gasteiger partial charge < -0.3 is 15.5 Å². The predicted octanol–water partition coefficient (Wildman–Crippen LogP) is 3.32. The van der Waals surface area contributed by atoms with Gasteiger partial charge in [-0.2, -0.15) is 0 Å². The Morgan fingerprint density at radius 1 is 1.14 bits per heavy atom. The van der Waals surface area contributed by atoms with Crippen molar-refractivity contribution in [1.29, 1.82) is 5.41 Å². The van der Waals surface area contributed by atoms with Crippen LogP contribution in [0.3, 0.4) is 0 Å². The summed E-state index contributed by atoms with van der Waals surface area (Å²) >= 11 is 3.51. The van der Waals surface area contributed by atoms with E-state index in [1.807, 2.05) is 18.2 Å². The Labute approximate surface area is 132 Å². The van der Waals surface area contributed by atoms with E-state index in [2.05, 4.69) is 57.0 Å². The monoisotopic (exact) mass is 344 g/mol. The molecule has 0 radical (unpaired) electrons. The van der Waals surface area contributed by atoms with Crippen molar-refractivity contribution in [2.45, 2.75) is 0 Å². The quantitative estimate of drug-likeness (QED) is 0.649. The maximum Gasteiger partial charge on any atom is 0.123 e. The van der Waals surface area contributed by atoms with Gasteiger partial charge in [0, 0.05) is 35.9 Å². The summed E-state index contributed by atoms with van der Waals surface area (Å²) in [6, 6.07) is 14.3. The number of amidine groups is 1. The number of likely N-dealkylation sites (N-methyl/N-ethyl adjacent to an activating group) is 1. The second kappa shape index (κ2) is 5.41. The van der Waals surface area contributed by atoms with E-state index in [1.165, 1.54) is 11.4 Å². The molecule has 0 saturated heterocycles. The normalized spacial score (nSPS) is 14.0. The van der Waals surface area contributed by atoms with Crippen molar-refractivity contribution >= 4 is 38.8 Å². The molecule has 0 aromatic heterocycles. The number of nitrogen functional groups attached to an aromatic ring is 1. The highest BCUT2D eigenvalue weighted by Gasteiger charge is 2.21. The third kappa shape index (κ3) is 2.49. The highest BCUT2D eigenvalue weighted by atomic mass is 79.9. The standard InChI is InChI=1S/C16H17BrN4/c1-20-8-9-21(15-5-3-2-4-14(15)20)11-6-7-12(16(18)19)13(17)10-11/h2-7,10H,8-9H2,1H3,(H3,18,19). The van der Waals surface area contributed by atoms with Gasteiger partial charge >= 0.3 is 0 Å². The third-order valence-corrected chi connectivity index (χ3v) is 4.45. The number of hydrogen-bond donors (Lipinski definition) is 2. The van der Waals surface area contributed by atoms with E-state index in [1.54, 1.807) is 0 Å². The van der Waals surface area contributed by atoms with E-state index < -0.39 is 0 Å². The van der Waals surface area contributed by atoms with Crippen molar-refractivity contribution in [2.24, 2.45) is 5.73 Å². The number of nitrogens with two attached hydrogens (primary N) is 1. The van der Waals surface area contributed by atoms with E-state index in [9.17, 15) is 0 Å². The first-order valence-electron chi connectivity index (χ1n) is 6.79. The van der Waals surface area contributed by atoms with Crippen LogP contribution in [0.2, 0.25) is 0 Å². The molecule has 2 aromatic carbocycles. The maximum atomic E-state index is 7.56. The lowest BCUT2D eigenvalue weighted by Crippen LogP contribution is -2.36. The van der Waals surface area contributed by atoms with Gasteiger partial charge in [-0.05, 0) is 46.3 Å². The van der Waals surface area contributed by atoms with Gasteiger partial charge in [0.15, 0.2) is 0 Å². The van der Waals surface area contributed by atoms with Crippen LogP contribution in [0, 0.1) is 5.41 Å². The topological polar surface area (TPSA) is 56.4 Å².